The van der Waals surface area contributed by atoms with Crippen molar-refractivity contribution in [1.29, 1.82) is 0 Å². The second-order valence-electron chi connectivity index (χ2n) is 7.95. The molecule has 0 spiro atoms. The van der Waals surface area contributed by atoms with Crippen LogP contribution in [0.15, 0.2) is 48.5 Å². The monoisotopic (exact) mass is 439 g/mol. The summed E-state index contributed by atoms with van der Waals surface area (Å²) in [7, 11) is 0. The zero-order chi connectivity index (χ0) is 22.8. The standard InChI is InChI=1S/C25H33N3O4/c1-3-27-13-15-28(16-14-27)22-11-9-21(10-12-22)26-24(29)19-32-25(30)8-5-17-31-23-7-4-6-20(2)18-23/h4,6-7,9-12,18H,3,5,8,13-17,19H2,1-2H3,(H,26,29). The minimum Gasteiger partial charge on any atom is -0.494 e. The van der Waals surface area contributed by atoms with Crippen LogP contribution in [0.25, 0.3) is 0 Å². The van der Waals surface area contributed by atoms with Crippen molar-refractivity contribution in [3.05, 3.63) is 54.1 Å². The van der Waals surface area contributed by atoms with Crippen LogP contribution in [0, 0.1) is 6.92 Å². The number of rotatable bonds is 10. The molecule has 0 aromatic heterocycles. The van der Waals surface area contributed by atoms with Gasteiger partial charge in [-0.25, -0.2) is 0 Å². The molecule has 1 N–H and O–H groups in total. The Morgan fingerprint density at radius 1 is 1.03 bits per heavy atom. The zero-order valence-corrected chi connectivity index (χ0v) is 19.0. The fourth-order valence-electron chi connectivity index (χ4n) is 3.60. The summed E-state index contributed by atoms with van der Waals surface area (Å²) in [5, 5.41) is 2.77. The Bertz CT molecular complexity index is 877. The van der Waals surface area contributed by atoms with E-state index >= 15 is 0 Å². The van der Waals surface area contributed by atoms with Crippen LogP contribution in [0.4, 0.5) is 11.4 Å². The van der Waals surface area contributed by atoms with Crippen molar-refractivity contribution in [2.45, 2.75) is 26.7 Å². The lowest BCUT2D eigenvalue weighted by atomic mass is 10.2. The van der Waals surface area contributed by atoms with Gasteiger partial charge in [-0.1, -0.05) is 19.1 Å². The Morgan fingerprint density at radius 2 is 1.78 bits per heavy atom. The van der Waals surface area contributed by atoms with Gasteiger partial charge in [0, 0.05) is 44.0 Å². The van der Waals surface area contributed by atoms with Crippen molar-refractivity contribution in [2.24, 2.45) is 0 Å². The second kappa shape index (κ2) is 12.1. The molecule has 7 heteroatoms. The fraction of sp³-hybridized carbons (Fsp3) is 0.440. The highest BCUT2D eigenvalue weighted by atomic mass is 16.5. The molecule has 1 heterocycles. The number of carbonyl (C=O) groups is 2. The lowest BCUT2D eigenvalue weighted by Gasteiger charge is -2.35. The Morgan fingerprint density at radius 3 is 2.47 bits per heavy atom. The van der Waals surface area contributed by atoms with Crippen molar-refractivity contribution >= 4 is 23.3 Å². The maximum atomic E-state index is 12.1. The van der Waals surface area contributed by atoms with Gasteiger partial charge in [0.25, 0.3) is 5.91 Å². The van der Waals surface area contributed by atoms with E-state index in [9.17, 15) is 9.59 Å². The summed E-state index contributed by atoms with van der Waals surface area (Å²) in [6.45, 7) is 9.55. The van der Waals surface area contributed by atoms with E-state index in [0.717, 1.165) is 49.7 Å². The highest BCUT2D eigenvalue weighted by Crippen LogP contribution is 2.19. The van der Waals surface area contributed by atoms with Gasteiger partial charge in [-0.2, -0.15) is 0 Å². The third kappa shape index (κ3) is 7.57. The average Bonchev–Trinajstić information content (AvgIpc) is 2.81. The van der Waals surface area contributed by atoms with Crippen LogP contribution in [0.3, 0.4) is 0 Å². The maximum Gasteiger partial charge on any atom is 0.306 e. The lowest BCUT2D eigenvalue weighted by molar-refractivity contribution is -0.147. The Kier molecular flexibility index (Phi) is 8.92. The molecule has 0 aliphatic carbocycles. The SMILES string of the molecule is CCN1CCN(c2ccc(NC(=O)COC(=O)CCCOc3cccc(C)c3)cc2)CC1. The Labute approximate surface area is 190 Å². The van der Waals surface area contributed by atoms with E-state index in [1.807, 2.05) is 55.5 Å². The van der Waals surface area contributed by atoms with Gasteiger partial charge in [-0.05, 0) is 61.9 Å². The fourth-order valence-corrected chi connectivity index (χ4v) is 3.60. The average molecular weight is 440 g/mol. The molecule has 172 valence electrons. The summed E-state index contributed by atoms with van der Waals surface area (Å²) >= 11 is 0. The second-order valence-corrected chi connectivity index (χ2v) is 7.95. The first-order valence-corrected chi connectivity index (χ1v) is 11.3. The summed E-state index contributed by atoms with van der Waals surface area (Å²) in [6, 6.07) is 15.5. The van der Waals surface area contributed by atoms with Gasteiger partial charge in [0.1, 0.15) is 5.75 Å². The number of anilines is 2. The van der Waals surface area contributed by atoms with Gasteiger partial charge >= 0.3 is 5.97 Å². The third-order valence-electron chi connectivity index (χ3n) is 5.48. The lowest BCUT2D eigenvalue weighted by Crippen LogP contribution is -2.46. The zero-order valence-electron chi connectivity index (χ0n) is 19.0. The molecule has 1 amide bonds. The Balaban J connectivity index is 1.31. The van der Waals surface area contributed by atoms with Crippen LogP contribution < -0.4 is 15.0 Å². The number of hydrogen-bond acceptors (Lipinski definition) is 6. The highest BCUT2D eigenvalue weighted by Gasteiger charge is 2.16. The molecule has 32 heavy (non-hydrogen) atoms. The van der Waals surface area contributed by atoms with E-state index in [2.05, 4.69) is 22.0 Å². The van der Waals surface area contributed by atoms with Gasteiger partial charge < -0.3 is 24.6 Å². The van der Waals surface area contributed by atoms with Crippen LogP contribution >= 0.6 is 0 Å². The number of likely N-dealkylation sites (N-methyl/N-ethyl adjacent to an activating group) is 1. The molecule has 1 aliphatic heterocycles. The summed E-state index contributed by atoms with van der Waals surface area (Å²) in [6.07, 6.45) is 0.738. The van der Waals surface area contributed by atoms with Crippen molar-refractivity contribution < 1.29 is 19.1 Å². The van der Waals surface area contributed by atoms with Gasteiger partial charge in [-0.15, -0.1) is 0 Å². The van der Waals surface area contributed by atoms with E-state index in [4.69, 9.17) is 9.47 Å². The first-order chi connectivity index (χ1) is 15.5. The van der Waals surface area contributed by atoms with Gasteiger partial charge in [0.15, 0.2) is 6.61 Å². The van der Waals surface area contributed by atoms with Crippen molar-refractivity contribution in [1.82, 2.24) is 4.90 Å². The van der Waals surface area contributed by atoms with Crippen molar-refractivity contribution in [3.63, 3.8) is 0 Å². The smallest absolute Gasteiger partial charge is 0.306 e. The van der Waals surface area contributed by atoms with Crippen LogP contribution in [-0.4, -0.2) is 62.7 Å². The Hall–Kier alpha value is -3.06. The number of nitrogens with zero attached hydrogens (tertiary/aromatic N) is 2. The van der Waals surface area contributed by atoms with Crippen molar-refractivity contribution in [2.75, 3.05) is 56.2 Å². The number of amides is 1. The quantitative estimate of drug-likeness (QED) is 0.452. The largest absolute Gasteiger partial charge is 0.494 e. The van der Waals surface area contributed by atoms with Crippen LogP contribution in [0.2, 0.25) is 0 Å². The molecule has 0 bridgehead atoms. The van der Waals surface area contributed by atoms with Gasteiger partial charge in [0.05, 0.1) is 6.61 Å². The number of piperazine rings is 1. The minimum atomic E-state index is -0.408. The normalized spacial score (nSPS) is 14.1. The minimum absolute atomic E-state index is 0.207. The number of benzene rings is 2. The van der Waals surface area contributed by atoms with E-state index in [1.165, 1.54) is 0 Å². The third-order valence-corrected chi connectivity index (χ3v) is 5.48. The molecular formula is C25H33N3O4. The predicted octanol–water partition coefficient (Wildman–Crippen LogP) is 3.48. The molecule has 0 unspecified atom stereocenters. The molecule has 1 saturated heterocycles. The van der Waals surface area contributed by atoms with E-state index in [-0.39, 0.29) is 18.9 Å². The highest BCUT2D eigenvalue weighted by molar-refractivity contribution is 5.92. The summed E-state index contributed by atoms with van der Waals surface area (Å²) < 4.78 is 10.7. The number of carbonyl (C=O) groups excluding carboxylic acids is 2. The summed E-state index contributed by atoms with van der Waals surface area (Å²) in [5.41, 5.74) is 2.96. The molecule has 0 radical (unpaired) electrons. The van der Waals surface area contributed by atoms with Gasteiger partial charge in [0.2, 0.25) is 0 Å². The molecule has 7 nitrogen and oxygen atoms in total. The number of esters is 1. The molecular weight excluding hydrogens is 406 g/mol. The number of ether oxygens (including phenoxy) is 2. The topological polar surface area (TPSA) is 71.1 Å². The van der Waals surface area contributed by atoms with Gasteiger partial charge in [-0.3, -0.25) is 9.59 Å². The molecule has 2 aromatic carbocycles. The number of nitrogens with one attached hydrogen (secondary N) is 1. The first kappa shape index (κ1) is 23.6. The van der Waals surface area contributed by atoms with E-state index in [1.54, 1.807) is 0 Å². The summed E-state index contributed by atoms with van der Waals surface area (Å²) in [5.74, 6) is 0.0280. The molecule has 1 fully saturated rings. The first-order valence-electron chi connectivity index (χ1n) is 11.3. The number of hydrogen-bond donors (Lipinski definition) is 1. The van der Waals surface area contributed by atoms with Crippen LogP contribution in [0.1, 0.15) is 25.3 Å². The molecule has 0 saturated carbocycles. The molecule has 3 rings (SSSR count). The maximum absolute atomic E-state index is 12.1. The molecule has 2 aromatic rings. The van der Waals surface area contributed by atoms with Crippen LogP contribution in [-0.2, 0) is 14.3 Å². The van der Waals surface area contributed by atoms with E-state index < -0.39 is 5.97 Å². The predicted molar refractivity (Wildman–Crippen MR) is 126 cm³/mol. The van der Waals surface area contributed by atoms with Crippen LogP contribution in [0.5, 0.6) is 5.75 Å². The van der Waals surface area contributed by atoms with Crippen molar-refractivity contribution in [3.8, 4) is 5.75 Å². The molecule has 1 aliphatic rings. The summed E-state index contributed by atoms with van der Waals surface area (Å²) in [4.78, 5) is 28.7. The van der Waals surface area contributed by atoms with E-state index in [0.29, 0.717) is 18.7 Å². The number of aryl methyl sites for hydroxylation is 1. The molecule has 0 atom stereocenters.